The third kappa shape index (κ3) is 2.95. The fourth-order valence-electron chi connectivity index (χ4n) is 4.19. The summed E-state index contributed by atoms with van der Waals surface area (Å²) in [5, 5.41) is 0. The molecule has 1 saturated carbocycles. The minimum Gasteiger partial charge on any atom is -0.361 e. The fourth-order valence-corrected chi connectivity index (χ4v) is 4.19. The number of likely N-dealkylation sites (tertiary alicyclic amines) is 1. The highest BCUT2D eigenvalue weighted by molar-refractivity contribution is 5.85. The van der Waals surface area contributed by atoms with Crippen LogP contribution < -0.4 is 0 Å². The number of carbonyl (C=O) groups excluding carboxylic acids is 2. The Kier molecular flexibility index (Phi) is 3.87. The topological polar surface area (TPSA) is 49.9 Å². The average molecular weight is 342 g/mol. The molecule has 0 spiro atoms. The van der Waals surface area contributed by atoms with Crippen molar-refractivity contribution in [2.45, 2.75) is 51.3 Å². The standard InChI is InChI=1S/C20H26N2O3/c1-19(9-10-19)18(24)21-11-8-16-20(2,14-21)25-13-17(23)22(16)12-15-6-4-3-5-7-15/h3-7,16H,8-14H2,1-2H3/t16-,20-/m1/s1. The van der Waals surface area contributed by atoms with E-state index in [1.165, 1.54) is 0 Å². The molecule has 5 nitrogen and oxygen atoms in total. The second-order valence-corrected chi connectivity index (χ2v) is 8.20. The van der Waals surface area contributed by atoms with Crippen LogP contribution in [0.4, 0.5) is 0 Å². The summed E-state index contributed by atoms with van der Waals surface area (Å²) < 4.78 is 5.98. The molecule has 25 heavy (non-hydrogen) atoms. The molecular weight excluding hydrogens is 316 g/mol. The third-order valence-electron chi connectivity index (χ3n) is 6.10. The van der Waals surface area contributed by atoms with Crippen LogP contribution in [0, 0.1) is 5.41 Å². The highest BCUT2D eigenvalue weighted by Gasteiger charge is 2.53. The fraction of sp³-hybridized carbons (Fsp3) is 0.600. The Labute approximate surface area is 148 Å². The zero-order valence-corrected chi connectivity index (χ0v) is 15.0. The number of piperidine rings is 1. The molecule has 2 heterocycles. The number of hydrogen-bond acceptors (Lipinski definition) is 3. The van der Waals surface area contributed by atoms with E-state index in [1.807, 2.05) is 40.1 Å². The molecule has 0 bridgehead atoms. The number of benzene rings is 1. The van der Waals surface area contributed by atoms with Crippen molar-refractivity contribution in [3.63, 3.8) is 0 Å². The van der Waals surface area contributed by atoms with Gasteiger partial charge in [-0.05, 0) is 31.7 Å². The molecule has 2 aliphatic heterocycles. The van der Waals surface area contributed by atoms with Gasteiger partial charge in [-0.2, -0.15) is 0 Å². The first-order valence-electron chi connectivity index (χ1n) is 9.18. The summed E-state index contributed by atoms with van der Waals surface area (Å²) in [7, 11) is 0. The molecular formula is C20H26N2O3. The van der Waals surface area contributed by atoms with Crippen LogP contribution in [0.5, 0.6) is 0 Å². The van der Waals surface area contributed by atoms with Gasteiger partial charge in [0, 0.05) is 18.5 Å². The summed E-state index contributed by atoms with van der Waals surface area (Å²) in [6, 6.07) is 10.1. The van der Waals surface area contributed by atoms with Crippen molar-refractivity contribution in [1.29, 1.82) is 0 Å². The van der Waals surface area contributed by atoms with E-state index in [9.17, 15) is 9.59 Å². The minimum absolute atomic E-state index is 0.0185. The van der Waals surface area contributed by atoms with Crippen LogP contribution in [0.15, 0.2) is 30.3 Å². The van der Waals surface area contributed by atoms with Crippen LogP contribution in [-0.2, 0) is 20.9 Å². The Bertz CT molecular complexity index is 685. The monoisotopic (exact) mass is 342 g/mol. The van der Waals surface area contributed by atoms with Crippen molar-refractivity contribution in [3.05, 3.63) is 35.9 Å². The van der Waals surface area contributed by atoms with Gasteiger partial charge in [0.15, 0.2) is 0 Å². The number of hydrogen-bond donors (Lipinski definition) is 0. The van der Waals surface area contributed by atoms with Gasteiger partial charge in [0.1, 0.15) is 12.2 Å². The van der Waals surface area contributed by atoms with E-state index >= 15 is 0 Å². The van der Waals surface area contributed by atoms with E-state index < -0.39 is 5.60 Å². The molecule has 4 rings (SSSR count). The molecule has 5 heteroatoms. The Hall–Kier alpha value is -1.88. The first-order valence-corrected chi connectivity index (χ1v) is 9.18. The molecule has 134 valence electrons. The van der Waals surface area contributed by atoms with Crippen molar-refractivity contribution in [3.8, 4) is 0 Å². The lowest BCUT2D eigenvalue weighted by Crippen LogP contribution is -2.68. The van der Waals surface area contributed by atoms with E-state index in [0.29, 0.717) is 19.6 Å². The summed E-state index contributed by atoms with van der Waals surface area (Å²) in [5.41, 5.74) is 0.489. The van der Waals surface area contributed by atoms with Crippen LogP contribution >= 0.6 is 0 Å². The molecule has 0 unspecified atom stereocenters. The Morgan fingerprint density at radius 3 is 2.64 bits per heavy atom. The van der Waals surface area contributed by atoms with E-state index in [-0.39, 0.29) is 29.9 Å². The molecule has 1 aliphatic carbocycles. The van der Waals surface area contributed by atoms with Crippen molar-refractivity contribution in [2.75, 3.05) is 19.7 Å². The second kappa shape index (κ2) is 5.84. The van der Waals surface area contributed by atoms with Gasteiger partial charge in [-0.15, -0.1) is 0 Å². The number of carbonyl (C=O) groups is 2. The maximum absolute atomic E-state index is 12.7. The van der Waals surface area contributed by atoms with Crippen LogP contribution in [0.2, 0.25) is 0 Å². The van der Waals surface area contributed by atoms with Crippen molar-refractivity contribution < 1.29 is 14.3 Å². The van der Waals surface area contributed by atoms with E-state index in [1.54, 1.807) is 0 Å². The smallest absolute Gasteiger partial charge is 0.249 e. The van der Waals surface area contributed by atoms with Crippen molar-refractivity contribution in [2.24, 2.45) is 5.41 Å². The zero-order chi connectivity index (χ0) is 17.7. The number of nitrogens with zero attached hydrogens (tertiary/aromatic N) is 2. The minimum atomic E-state index is -0.484. The highest BCUT2D eigenvalue weighted by Crippen LogP contribution is 2.47. The quantitative estimate of drug-likeness (QED) is 0.846. The maximum atomic E-state index is 12.7. The summed E-state index contributed by atoms with van der Waals surface area (Å²) >= 11 is 0. The molecule has 2 saturated heterocycles. The first kappa shape index (κ1) is 16.6. The Balaban J connectivity index is 1.52. The second-order valence-electron chi connectivity index (χ2n) is 8.20. The molecule has 3 fully saturated rings. The lowest BCUT2D eigenvalue weighted by molar-refractivity contribution is -0.191. The average Bonchev–Trinajstić information content (AvgIpc) is 3.36. The highest BCUT2D eigenvalue weighted by atomic mass is 16.5. The summed E-state index contributed by atoms with van der Waals surface area (Å²) in [4.78, 5) is 29.1. The van der Waals surface area contributed by atoms with Crippen molar-refractivity contribution >= 4 is 11.8 Å². The lowest BCUT2D eigenvalue weighted by atomic mass is 9.85. The zero-order valence-electron chi connectivity index (χ0n) is 15.0. The Morgan fingerprint density at radius 1 is 1.24 bits per heavy atom. The Morgan fingerprint density at radius 2 is 1.96 bits per heavy atom. The normalized spacial score (nSPS) is 30.8. The van der Waals surface area contributed by atoms with Gasteiger partial charge in [0.2, 0.25) is 11.8 Å². The van der Waals surface area contributed by atoms with E-state index in [4.69, 9.17) is 4.74 Å². The van der Waals surface area contributed by atoms with Gasteiger partial charge in [0.05, 0.1) is 12.6 Å². The van der Waals surface area contributed by atoms with Gasteiger partial charge in [-0.3, -0.25) is 9.59 Å². The van der Waals surface area contributed by atoms with Gasteiger partial charge < -0.3 is 14.5 Å². The van der Waals surface area contributed by atoms with E-state index in [2.05, 4.69) is 13.8 Å². The van der Waals surface area contributed by atoms with Crippen LogP contribution in [0.3, 0.4) is 0 Å². The third-order valence-corrected chi connectivity index (χ3v) is 6.10. The first-order chi connectivity index (χ1) is 11.9. The number of fused-ring (bicyclic) bond motifs is 1. The SMILES string of the molecule is CC1(C(=O)N2CC[C@H]3N(Cc4ccccc4)C(=O)CO[C@]3(C)C2)CC1. The molecule has 0 aromatic heterocycles. The number of morpholine rings is 1. The van der Waals surface area contributed by atoms with Crippen molar-refractivity contribution in [1.82, 2.24) is 9.80 Å². The van der Waals surface area contributed by atoms with Crippen LogP contribution in [0.1, 0.15) is 38.7 Å². The van der Waals surface area contributed by atoms with Crippen LogP contribution in [-0.4, -0.2) is 53.0 Å². The van der Waals surface area contributed by atoms with Gasteiger partial charge in [-0.25, -0.2) is 0 Å². The summed E-state index contributed by atoms with van der Waals surface area (Å²) in [6.45, 7) is 6.09. The predicted molar refractivity (Wildman–Crippen MR) is 93.7 cm³/mol. The molecule has 0 radical (unpaired) electrons. The molecule has 1 aromatic carbocycles. The number of ether oxygens (including phenoxy) is 1. The van der Waals surface area contributed by atoms with Gasteiger partial charge in [0.25, 0.3) is 0 Å². The molecule has 2 amide bonds. The molecule has 3 aliphatic rings. The molecule has 0 N–H and O–H groups in total. The lowest BCUT2D eigenvalue weighted by Gasteiger charge is -2.53. The molecule has 2 atom stereocenters. The number of amides is 2. The summed E-state index contributed by atoms with van der Waals surface area (Å²) in [6.07, 6.45) is 2.75. The van der Waals surface area contributed by atoms with E-state index in [0.717, 1.165) is 24.8 Å². The van der Waals surface area contributed by atoms with Crippen LogP contribution in [0.25, 0.3) is 0 Å². The van der Waals surface area contributed by atoms with Gasteiger partial charge in [-0.1, -0.05) is 37.3 Å². The maximum Gasteiger partial charge on any atom is 0.249 e. The summed E-state index contributed by atoms with van der Waals surface area (Å²) in [5.74, 6) is 0.294. The largest absolute Gasteiger partial charge is 0.361 e. The molecule has 1 aromatic rings. The number of rotatable bonds is 3. The predicted octanol–water partition coefficient (Wildman–Crippen LogP) is 2.21. The van der Waals surface area contributed by atoms with Gasteiger partial charge >= 0.3 is 0 Å².